The SMILES string of the molecule is c1ccc(-c2cc(-c3ccc4ccccc4c3)cc(C3c4ccccc4-c4cc5c(cc43)Cc3ccccc3-5)c2)cc1. The van der Waals surface area contributed by atoms with Crippen LogP contribution < -0.4 is 0 Å². The Morgan fingerprint density at radius 1 is 0.357 bits per heavy atom. The van der Waals surface area contributed by atoms with E-state index in [1.54, 1.807) is 0 Å². The van der Waals surface area contributed by atoms with Crippen LogP contribution in [0.4, 0.5) is 0 Å². The van der Waals surface area contributed by atoms with E-state index in [4.69, 9.17) is 0 Å². The van der Waals surface area contributed by atoms with E-state index in [2.05, 4.69) is 152 Å². The molecule has 0 nitrogen and oxygen atoms in total. The second-order valence-corrected chi connectivity index (χ2v) is 11.7. The summed E-state index contributed by atoms with van der Waals surface area (Å²) in [6.07, 6.45) is 1.01. The number of fused-ring (bicyclic) bond motifs is 7. The van der Waals surface area contributed by atoms with Crippen LogP contribution in [0, 0.1) is 0 Å². The van der Waals surface area contributed by atoms with Gasteiger partial charge in [-0.05, 0) is 108 Å². The van der Waals surface area contributed by atoms with Crippen LogP contribution in [0.15, 0.2) is 152 Å². The van der Waals surface area contributed by atoms with E-state index in [-0.39, 0.29) is 5.92 Å². The first kappa shape index (κ1) is 23.5. The zero-order valence-corrected chi connectivity index (χ0v) is 23.2. The highest BCUT2D eigenvalue weighted by Crippen LogP contribution is 2.52. The van der Waals surface area contributed by atoms with Crippen molar-refractivity contribution in [2.24, 2.45) is 0 Å². The van der Waals surface area contributed by atoms with Crippen molar-refractivity contribution in [1.82, 2.24) is 0 Å². The van der Waals surface area contributed by atoms with E-state index in [0.29, 0.717) is 0 Å². The highest BCUT2D eigenvalue weighted by atomic mass is 14.4. The van der Waals surface area contributed by atoms with E-state index in [9.17, 15) is 0 Å². The Labute approximate surface area is 246 Å². The summed E-state index contributed by atoms with van der Waals surface area (Å²) in [5.41, 5.74) is 17.6. The fraction of sp³-hybridized carbons (Fsp3) is 0.0476. The number of benzene rings is 7. The van der Waals surface area contributed by atoms with Gasteiger partial charge in [0.15, 0.2) is 0 Å². The van der Waals surface area contributed by atoms with Crippen molar-refractivity contribution in [2.75, 3.05) is 0 Å². The lowest BCUT2D eigenvalue weighted by Crippen LogP contribution is -2.01. The van der Waals surface area contributed by atoms with Crippen LogP contribution in [-0.2, 0) is 6.42 Å². The molecular weight excluding hydrogens is 504 g/mol. The lowest BCUT2D eigenvalue weighted by atomic mass is 9.84. The van der Waals surface area contributed by atoms with Crippen molar-refractivity contribution < 1.29 is 0 Å². The fourth-order valence-corrected chi connectivity index (χ4v) is 7.35. The second-order valence-electron chi connectivity index (χ2n) is 11.7. The molecule has 42 heavy (non-hydrogen) atoms. The first-order chi connectivity index (χ1) is 20.8. The van der Waals surface area contributed by atoms with Crippen LogP contribution >= 0.6 is 0 Å². The molecule has 7 aromatic carbocycles. The Balaban J connectivity index is 1.27. The molecule has 1 atom stereocenters. The summed E-state index contributed by atoms with van der Waals surface area (Å²) in [6, 6.07) is 56.5. The number of hydrogen-bond acceptors (Lipinski definition) is 0. The topological polar surface area (TPSA) is 0 Å². The van der Waals surface area contributed by atoms with Gasteiger partial charge >= 0.3 is 0 Å². The highest BCUT2D eigenvalue weighted by molar-refractivity contribution is 5.90. The van der Waals surface area contributed by atoms with Gasteiger partial charge in [-0.25, -0.2) is 0 Å². The predicted octanol–water partition coefficient (Wildman–Crippen LogP) is 10.9. The van der Waals surface area contributed by atoms with Crippen LogP contribution in [0.1, 0.15) is 33.7 Å². The zero-order chi connectivity index (χ0) is 27.6. The van der Waals surface area contributed by atoms with Crippen molar-refractivity contribution >= 4 is 10.8 Å². The molecule has 0 radical (unpaired) electrons. The fourth-order valence-electron chi connectivity index (χ4n) is 7.35. The minimum absolute atomic E-state index is 0.188. The molecule has 0 heterocycles. The van der Waals surface area contributed by atoms with Crippen molar-refractivity contribution in [3.63, 3.8) is 0 Å². The van der Waals surface area contributed by atoms with Crippen LogP contribution in [0.25, 0.3) is 55.3 Å². The van der Waals surface area contributed by atoms with E-state index in [1.807, 2.05) is 0 Å². The maximum Gasteiger partial charge on any atom is 0.0352 e. The summed E-state index contributed by atoms with van der Waals surface area (Å²) < 4.78 is 0. The lowest BCUT2D eigenvalue weighted by Gasteiger charge is -2.19. The van der Waals surface area contributed by atoms with Crippen LogP contribution in [-0.4, -0.2) is 0 Å². The van der Waals surface area contributed by atoms with E-state index in [0.717, 1.165) is 6.42 Å². The number of hydrogen-bond donors (Lipinski definition) is 0. The van der Waals surface area contributed by atoms with Crippen molar-refractivity contribution in [1.29, 1.82) is 0 Å². The molecule has 196 valence electrons. The maximum atomic E-state index is 2.51. The van der Waals surface area contributed by atoms with Gasteiger partial charge in [0.2, 0.25) is 0 Å². The normalized spacial score (nSPS) is 14.3. The van der Waals surface area contributed by atoms with Gasteiger partial charge < -0.3 is 0 Å². The molecule has 0 saturated carbocycles. The third kappa shape index (κ3) is 3.62. The summed E-state index contributed by atoms with van der Waals surface area (Å²) in [6.45, 7) is 0. The minimum Gasteiger partial charge on any atom is -0.0622 e. The molecule has 9 rings (SSSR count). The molecule has 0 aromatic heterocycles. The molecule has 2 aliphatic rings. The molecule has 0 spiro atoms. The molecule has 7 aromatic rings. The van der Waals surface area contributed by atoms with E-state index < -0.39 is 0 Å². The van der Waals surface area contributed by atoms with Gasteiger partial charge in [-0.15, -0.1) is 0 Å². The Kier molecular flexibility index (Phi) is 5.12. The van der Waals surface area contributed by atoms with Crippen molar-refractivity contribution in [3.05, 3.63) is 179 Å². The first-order valence-electron chi connectivity index (χ1n) is 14.8. The molecule has 0 N–H and O–H groups in total. The van der Waals surface area contributed by atoms with Gasteiger partial charge in [-0.1, -0.05) is 133 Å². The van der Waals surface area contributed by atoms with E-state index >= 15 is 0 Å². The molecule has 0 saturated heterocycles. The standard InChI is InChI=1S/C42H28/c1-2-10-27(11-3-1)32-22-33(30-19-18-28-12-4-5-13-29(28)20-30)24-35(23-32)42-38-17-9-8-16-37(38)40-26-39-34(25-41(40)42)21-31-14-6-7-15-36(31)39/h1-20,22-26,42H,21H2. The summed E-state index contributed by atoms with van der Waals surface area (Å²) in [4.78, 5) is 0. The van der Waals surface area contributed by atoms with Crippen molar-refractivity contribution in [3.8, 4) is 44.5 Å². The molecule has 0 heteroatoms. The monoisotopic (exact) mass is 532 g/mol. The third-order valence-electron chi connectivity index (χ3n) is 9.32. The van der Waals surface area contributed by atoms with Gasteiger partial charge in [0.25, 0.3) is 0 Å². The summed E-state index contributed by atoms with van der Waals surface area (Å²) in [7, 11) is 0. The van der Waals surface area contributed by atoms with Crippen molar-refractivity contribution in [2.45, 2.75) is 12.3 Å². The highest BCUT2D eigenvalue weighted by Gasteiger charge is 2.33. The van der Waals surface area contributed by atoms with Crippen LogP contribution in [0.5, 0.6) is 0 Å². The van der Waals surface area contributed by atoms with Gasteiger partial charge in [0.1, 0.15) is 0 Å². The quantitative estimate of drug-likeness (QED) is 0.212. The molecule has 2 aliphatic carbocycles. The van der Waals surface area contributed by atoms with Crippen LogP contribution in [0.3, 0.4) is 0 Å². The van der Waals surface area contributed by atoms with Gasteiger partial charge in [-0.3, -0.25) is 0 Å². The molecular formula is C42H28. The van der Waals surface area contributed by atoms with Gasteiger partial charge in [0, 0.05) is 5.92 Å². The second kappa shape index (κ2) is 9.16. The molecule has 0 fully saturated rings. The largest absolute Gasteiger partial charge is 0.0622 e. The van der Waals surface area contributed by atoms with Gasteiger partial charge in [-0.2, -0.15) is 0 Å². The maximum absolute atomic E-state index is 2.51. The molecule has 0 amide bonds. The predicted molar refractivity (Wildman–Crippen MR) is 176 cm³/mol. The zero-order valence-electron chi connectivity index (χ0n) is 23.2. The lowest BCUT2D eigenvalue weighted by molar-refractivity contribution is 1.01. The Bertz CT molecular complexity index is 2170. The molecule has 1 unspecified atom stereocenters. The smallest absolute Gasteiger partial charge is 0.0352 e. The van der Waals surface area contributed by atoms with E-state index in [1.165, 1.54) is 83.1 Å². The minimum atomic E-state index is 0.188. The Hall–Kier alpha value is -5.20. The summed E-state index contributed by atoms with van der Waals surface area (Å²) >= 11 is 0. The van der Waals surface area contributed by atoms with Crippen LogP contribution in [0.2, 0.25) is 0 Å². The Morgan fingerprint density at radius 3 is 1.95 bits per heavy atom. The van der Waals surface area contributed by atoms with Gasteiger partial charge in [0.05, 0.1) is 0 Å². The average Bonchev–Trinajstić information content (AvgIpc) is 3.58. The Morgan fingerprint density at radius 2 is 1.07 bits per heavy atom. The average molecular weight is 533 g/mol. The summed E-state index contributed by atoms with van der Waals surface area (Å²) in [5.74, 6) is 0.188. The third-order valence-corrected chi connectivity index (χ3v) is 9.32. The molecule has 0 aliphatic heterocycles. The number of rotatable bonds is 3. The first-order valence-corrected chi connectivity index (χ1v) is 14.8. The molecule has 0 bridgehead atoms. The summed E-state index contributed by atoms with van der Waals surface area (Å²) in [5, 5.41) is 2.54.